The van der Waals surface area contributed by atoms with Crippen LogP contribution in [0.4, 0.5) is 0 Å². The summed E-state index contributed by atoms with van der Waals surface area (Å²) in [5, 5.41) is 3.52. The van der Waals surface area contributed by atoms with Crippen LogP contribution in [0.15, 0.2) is 0 Å². The van der Waals surface area contributed by atoms with E-state index in [1.807, 2.05) is 0 Å². The molecule has 0 aromatic heterocycles. The predicted octanol–water partition coefficient (Wildman–Crippen LogP) is 2.99. The van der Waals surface area contributed by atoms with Crippen LogP contribution in [0.25, 0.3) is 0 Å². The van der Waals surface area contributed by atoms with E-state index in [0.717, 1.165) is 31.5 Å². The number of hydrogen-bond donors (Lipinski definition) is 1. The fourth-order valence-corrected chi connectivity index (χ4v) is 2.09. The number of hydrogen-bond acceptors (Lipinski definition) is 2. The summed E-state index contributed by atoms with van der Waals surface area (Å²) >= 11 is 0. The zero-order chi connectivity index (χ0) is 12.6. The largest absolute Gasteiger partial charge is 0.316 e. The first-order chi connectivity index (χ1) is 7.52. The van der Waals surface area contributed by atoms with Crippen LogP contribution in [-0.4, -0.2) is 37.1 Å². The van der Waals surface area contributed by atoms with E-state index < -0.39 is 0 Å². The van der Waals surface area contributed by atoms with Gasteiger partial charge in [0.1, 0.15) is 0 Å². The Balaban J connectivity index is 4.00. The summed E-state index contributed by atoms with van der Waals surface area (Å²) in [6.45, 7) is 18.5. The monoisotopic (exact) mass is 228 g/mol. The zero-order valence-corrected chi connectivity index (χ0v) is 12.2. The van der Waals surface area contributed by atoms with Crippen molar-refractivity contribution in [3.8, 4) is 0 Å². The van der Waals surface area contributed by atoms with Crippen molar-refractivity contribution >= 4 is 0 Å². The Morgan fingerprint density at radius 3 is 2.12 bits per heavy atom. The fourth-order valence-electron chi connectivity index (χ4n) is 2.09. The minimum Gasteiger partial charge on any atom is -0.316 e. The van der Waals surface area contributed by atoms with Crippen LogP contribution in [0.5, 0.6) is 0 Å². The second-order valence-corrected chi connectivity index (χ2v) is 5.40. The van der Waals surface area contributed by atoms with Gasteiger partial charge in [0.15, 0.2) is 0 Å². The first kappa shape index (κ1) is 15.9. The summed E-state index contributed by atoms with van der Waals surface area (Å²) in [5.41, 5.74) is 0. The molecule has 0 spiro atoms. The lowest BCUT2D eigenvalue weighted by Gasteiger charge is -2.33. The smallest absolute Gasteiger partial charge is 0.0105 e. The maximum Gasteiger partial charge on any atom is 0.0105 e. The Morgan fingerprint density at radius 2 is 1.69 bits per heavy atom. The minimum atomic E-state index is 0.678. The lowest BCUT2D eigenvalue weighted by molar-refractivity contribution is 0.150. The molecule has 2 heteroatoms. The first-order valence-corrected chi connectivity index (χ1v) is 6.97. The Morgan fingerprint density at radius 1 is 1.06 bits per heavy atom. The molecule has 16 heavy (non-hydrogen) atoms. The lowest BCUT2D eigenvalue weighted by Crippen LogP contribution is -2.42. The Bertz CT molecular complexity index is 157. The van der Waals surface area contributed by atoms with Gasteiger partial charge in [0.2, 0.25) is 0 Å². The third-order valence-electron chi connectivity index (χ3n) is 3.30. The highest BCUT2D eigenvalue weighted by atomic mass is 15.2. The van der Waals surface area contributed by atoms with E-state index in [9.17, 15) is 0 Å². The summed E-state index contributed by atoms with van der Waals surface area (Å²) in [4.78, 5) is 2.60. The molecule has 0 bridgehead atoms. The van der Waals surface area contributed by atoms with Crippen LogP contribution >= 0.6 is 0 Å². The van der Waals surface area contributed by atoms with Crippen molar-refractivity contribution in [2.45, 2.75) is 54.0 Å². The second-order valence-electron chi connectivity index (χ2n) is 5.40. The lowest BCUT2D eigenvalue weighted by atomic mass is 10.0. The molecule has 0 heterocycles. The molecule has 2 unspecified atom stereocenters. The third-order valence-corrected chi connectivity index (χ3v) is 3.30. The molecule has 0 saturated heterocycles. The Hall–Kier alpha value is -0.0800. The molecule has 0 radical (unpaired) electrons. The van der Waals surface area contributed by atoms with Gasteiger partial charge in [-0.15, -0.1) is 0 Å². The van der Waals surface area contributed by atoms with Gasteiger partial charge in [0.25, 0.3) is 0 Å². The van der Waals surface area contributed by atoms with Gasteiger partial charge >= 0.3 is 0 Å². The minimum absolute atomic E-state index is 0.678. The average molecular weight is 228 g/mol. The van der Waals surface area contributed by atoms with Crippen molar-refractivity contribution in [3.05, 3.63) is 0 Å². The molecule has 0 aliphatic heterocycles. The maximum absolute atomic E-state index is 3.52. The van der Waals surface area contributed by atoms with Gasteiger partial charge in [-0.3, -0.25) is 0 Å². The molecule has 0 fully saturated rings. The topological polar surface area (TPSA) is 15.3 Å². The molecular weight excluding hydrogens is 196 g/mol. The third kappa shape index (κ3) is 6.49. The summed E-state index contributed by atoms with van der Waals surface area (Å²) in [6.07, 6.45) is 1.23. The van der Waals surface area contributed by atoms with E-state index in [-0.39, 0.29) is 0 Å². The van der Waals surface area contributed by atoms with Crippen molar-refractivity contribution in [1.29, 1.82) is 0 Å². The molecule has 2 atom stereocenters. The fraction of sp³-hybridized carbons (Fsp3) is 1.00. The van der Waals surface area contributed by atoms with Crippen LogP contribution in [-0.2, 0) is 0 Å². The van der Waals surface area contributed by atoms with Gasteiger partial charge in [0, 0.05) is 12.6 Å². The van der Waals surface area contributed by atoms with Crippen molar-refractivity contribution in [2.75, 3.05) is 26.2 Å². The molecule has 0 aliphatic rings. The number of nitrogens with zero attached hydrogens (tertiary/aromatic N) is 1. The van der Waals surface area contributed by atoms with E-state index in [0.29, 0.717) is 6.04 Å². The predicted molar refractivity (Wildman–Crippen MR) is 73.9 cm³/mol. The molecule has 0 saturated carbocycles. The summed E-state index contributed by atoms with van der Waals surface area (Å²) in [5.74, 6) is 1.49. The molecule has 98 valence electrons. The number of rotatable bonds is 9. The van der Waals surface area contributed by atoms with Crippen LogP contribution in [0.1, 0.15) is 48.0 Å². The summed E-state index contributed by atoms with van der Waals surface area (Å²) in [6, 6.07) is 0.678. The normalized spacial score (nSPS) is 15.8. The first-order valence-electron chi connectivity index (χ1n) is 6.97. The van der Waals surface area contributed by atoms with Crippen LogP contribution in [0.3, 0.4) is 0 Å². The maximum atomic E-state index is 3.52. The van der Waals surface area contributed by atoms with Crippen molar-refractivity contribution < 1.29 is 0 Å². The van der Waals surface area contributed by atoms with Gasteiger partial charge in [-0.1, -0.05) is 34.6 Å². The average Bonchev–Trinajstić information content (AvgIpc) is 2.24. The zero-order valence-electron chi connectivity index (χ0n) is 12.2. The van der Waals surface area contributed by atoms with Gasteiger partial charge in [-0.05, 0) is 44.8 Å². The van der Waals surface area contributed by atoms with Crippen molar-refractivity contribution in [2.24, 2.45) is 11.8 Å². The van der Waals surface area contributed by atoms with Gasteiger partial charge in [-0.25, -0.2) is 0 Å². The summed E-state index contributed by atoms with van der Waals surface area (Å²) in [7, 11) is 0. The van der Waals surface area contributed by atoms with E-state index in [2.05, 4.69) is 51.8 Å². The molecule has 0 aliphatic carbocycles. The van der Waals surface area contributed by atoms with Crippen molar-refractivity contribution in [1.82, 2.24) is 10.2 Å². The van der Waals surface area contributed by atoms with Crippen LogP contribution in [0.2, 0.25) is 0 Å². The number of nitrogens with one attached hydrogen (secondary N) is 1. The SMILES string of the molecule is CCCNCC(C)C(C)N(CC)CC(C)C. The van der Waals surface area contributed by atoms with E-state index in [4.69, 9.17) is 0 Å². The molecule has 0 aromatic rings. The molecule has 0 rings (SSSR count). The highest BCUT2D eigenvalue weighted by Gasteiger charge is 2.18. The quantitative estimate of drug-likeness (QED) is 0.610. The Kier molecular flexibility index (Phi) is 8.96. The second kappa shape index (κ2) is 9.00. The van der Waals surface area contributed by atoms with E-state index in [1.54, 1.807) is 0 Å². The van der Waals surface area contributed by atoms with Gasteiger partial charge in [-0.2, -0.15) is 0 Å². The van der Waals surface area contributed by atoms with Gasteiger partial charge < -0.3 is 10.2 Å². The highest BCUT2D eigenvalue weighted by Crippen LogP contribution is 2.12. The highest BCUT2D eigenvalue weighted by molar-refractivity contribution is 4.74. The standard InChI is InChI=1S/C14H32N2/c1-7-9-15-10-13(5)14(6)16(8-2)11-12(3)4/h12-15H,7-11H2,1-6H3. The van der Waals surface area contributed by atoms with Gasteiger partial charge in [0.05, 0.1) is 0 Å². The van der Waals surface area contributed by atoms with Crippen LogP contribution < -0.4 is 5.32 Å². The Labute approximate surface area is 103 Å². The molecule has 1 N–H and O–H groups in total. The molecular formula is C14H32N2. The van der Waals surface area contributed by atoms with E-state index >= 15 is 0 Å². The molecule has 2 nitrogen and oxygen atoms in total. The summed E-state index contributed by atoms with van der Waals surface area (Å²) < 4.78 is 0. The molecule has 0 amide bonds. The van der Waals surface area contributed by atoms with E-state index in [1.165, 1.54) is 13.0 Å². The van der Waals surface area contributed by atoms with Crippen molar-refractivity contribution in [3.63, 3.8) is 0 Å². The van der Waals surface area contributed by atoms with Crippen LogP contribution in [0, 0.1) is 11.8 Å². The molecule has 0 aromatic carbocycles.